The zero-order chi connectivity index (χ0) is 14.0. The molecule has 2 rings (SSSR count). The number of aromatic nitrogens is 2. The van der Waals surface area contributed by atoms with E-state index >= 15 is 0 Å². The lowest BCUT2D eigenvalue weighted by atomic mass is 10.2. The molecular weight excluding hydrogens is 385 g/mol. The average molecular weight is 391 g/mol. The third kappa shape index (κ3) is 3.27. The van der Waals surface area contributed by atoms with Crippen LogP contribution in [0.2, 0.25) is 0 Å². The van der Waals surface area contributed by atoms with Gasteiger partial charge in [0.25, 0.3) is 5.91 Å². The van der Waals surface area contributed by atoms with Gasteiger partial charge in [0.1, 0.15) is 20.8 Å². The highest BCUT2D eigenvalue weighted by Gasteiger charge is 2.14. The van der Waals surface area contributed by atoms with Gasteiger partial charge in [-0.15, -0.1) is 0 Å². The molecule has 8 heteroatoms. The van der Waals surface area contributed by atoms with Gasteiger partial charge in [0, 0.05) is 6.07 Å². The van der Waals surface area contributed by atoms with Crippen molar-refractivity contribution in [2.24, 2.45) is 0 Å². The van der Waals surface area contributed by atoms with Crippen LogP contribution in [-0.4, -0.2) is 21.0 Å². The molecule has 1 aromatic carbocycles. The molecule has 0 unspecified atom stereocenters. The summed E-state index contributed by atoms with van der Waals surface area (Å²) in [4.78, 5) is 19.8. The molecule has 1 heterocycles. The molecule has 0 fully saturated rings. The number of benzene rings is 1. The molecule has 1 aromatic heterocycles. The van der Waals surface area contributed by atoms with Gasteiger partial charge in [-0.25, -0.2) is 14.4 Å². The van der Waals surface area contributed by atoms with Crippen LogP contribution in [0.4, 0.5) is 10.2 Å². The monoisotopic (exact) mass is 389 g/mol. The minimum atomic E-state index is -0.626. The number of nitrogens with one attached hydrogen (secondary N) is 1. The Labute approximate surface area is 124 Å². The number of amides is 1. The molecule has 0 aliphatic rings. The summed E-state index contributed by atoms with van der Waals surface area (Å²) >= 11 is 6.27. The van der Waals surface area contributed by atoms with E-state index in [0.717, 1.165) is 12.1 Å². The van der Waals surface area contributed by atoms with E-state index < -0.39 is 17.5 Å². The number of hydrogen-bond acceptors (Lipinski definition) is 4. The van der Waals surface area contributed by atoms with E-state index in [1.165, 1.54) is 12.3 Å². The summed E-state index contributed by atoms with van der Waals surface area (Å²) in [5, 5.41) is 11.9. The molecule has 2 aromatic rings. The topological polar surface area (TPSA) is 75.1 Å². The number of carbonyl (C=O) groups is 1. The predicted molar refractivity (Wildman–Crippen MR) is 73.5 cm³/mol. The average Bonchev–Trinajstić information content (AvgIpc) is 2.32. The van der Waals surface area contributed by atoms with Gasteiger partial charge >= 0.3 is 0 Å². The van der Waals surface area contributed by atoms with Crippen molar-refractivity contribution in [1.29, 1.82) is 0 Å². The molecule has 0 aliphatic heterocycles. The Balaban J connectivity index is 2.25. The van der Waals surface area contributed by atoms with Gasteiger partial charge in [0.05, 0.1) is 11.8 Å². The lowest BCUT2D eigenvalue weighted by Gasteiger charge is -2.07. The number of carbonyl (C=O) groups excluding carboxylic acids is 1. The Morgan fingerprint density at radius 1 is 1.37 bits per heavy atom. The lowest BCUT2D eigenvalue weighted by Crippen LogP contribution is -2.14. The lowest BCUT2D eigenvalue weighted by molar-refractivity contribution is 0.102. The SMILES string of the molecule is O=C(Nc1ncc(Br)nc1Br)c1ccc(F)cc1O. The molecule has 2 N–H and O–H groups in total. The van der Waals surface area contributed by atoms with Crippen molar-refractivity contribution in [1.82, 2.24) is 9.97 Å². The molecule has 0 atom stereocenters. The number of rotatable bonds is 2. The summed E-state index contributed by atoms with van der Waals surface area (Å²) in [6.07, 6.45) is 1.41. The summed E-state index contributed by atoms with van der Waals surface area (Å²) in [6.45, 7) is 0. The fourth-order valence-corrected chi connectivity index (χ4v) is 2.21. The molecule has 5 nitrogen and oxygen atoms in total. The van der Waals surface area contributed by atoms with Crippen molar-refractivity contribution in [3.63, 3.8) is 0 Å². The van der Waals surface area contributed by atoms with Gasteiger partial charge in [-0.3, -0.25) is 4.79 Å². The summed E-state index contributed by atoms with van der Waals surface area (Å²) in [5.41, 5.74) is -0.0574. The van der Waals surface area contributed by atoms with Gasteiger partial charge < -0.3 is 10.4 Å². The molecule has 1 amide bonds. The van der Waals surface area contributed by atoms with E-state index in [2.05, 4.69) is 47.1 Å². The molecule has 98 valence electrons. The highest BCUT2D eigenvalue weighted by Crippen LogP contribution is 2.22. The fraction of sp³-hybridized carbons (Fsp3) is 0. The van der Waals surface area contributed by atoms with Crippen molar-refractivity contribution in [2.75, 3.05) is 5.32 Å². The summed E-state index contributed by atoms with van der Waals surface area (Å²) < 4.78 is 13.7. The molecule has 0 radical (unpaired) electrons. The van der Waals surface area contributed by atoms with Crippen molar-refractivity contribution in [3.8, 4) is 5.75 Å². The number of nitrogens with zero attached hydrogens (tertiary/aromatic N) is 2. The van der Waals surface area contributed by atoms with Gasteiger partial charge in [-0.1, -0.05) is 0 Å². The highest BCUT2D eigenvalue weighted by molar-refractivity contribution is 9.11. The van der Waals surface area contributed by atoms with E-state index in [1.807, 2.05) is 0 Å². The highest BCUT2D eigenvalue weighted by atomic mass is 79.9. The van der Waals surface area contributed by atoms with Crippen LogP contribution < -0.4 is 5.32 Å². The van der Waals surface area contributed by atoms with Crippen molar-refractivity contribution < 1.29 is 14.3 Å². The second-order valence-electron chi connectivity index (χ2n) is 3.45. The molecule has 0 saturated carbocycles. The van der Waals surface area contributed by atoms with E-state index in [4.69, 9.17) is 0 Å². The van der Waals surface area contributed by atoms with E-state index in [9.17, 15) is 14.3 Å². The van der Waals surface area contributed by atoms with E-state index in [-0.39, 0.29) is 11.4 Å². The number of phenols is 1. The Morgan fingerprint density at radius 2 is 2.11 bits per heavy atom. The normalized spacial score (nSPS) is 10.3. The van der Waals surface area contributed by atoms with Crippen LogP contribution in [0, 0.1) is 5.82 Å². The maximum Gasteiger partial charge on any atom is 0.260 e. The minimum absolute atomic E-state index is 0.0574. The number of halogens is 3. The minimum Gasteiger partial charge on any atom is -0.507 e. The molecule has 0 aliphatic carbocycles. The zero-order valence-corrected chi connectivity index (χ0v) is 12.4. The second-order valence-corrected chi connectivity index (χ2v) is 5.01. The number of hydrogen-bond donors (Lipinski definition) is 2. The largest absolute Gasteiger partial charge is 0.507 e. The Bertz CT molecular complexity index is 652. The molecule has 19 heavy (non-hydrogen) atoms. The first-order valence-electron chi connectivity index (χ1n) is 4.95. The van der Waals surface area contributed by atoms with Crippen LogP contribution in [-0.2, 0) is 0 Å². The van der Waals surface area contributed by atoms with Crippen LogP contribution in [0.3, 0.4) is 0 Å². The van der Waals surface area contributed by atoms with Gasteiger partial charge in [0.2, 0.25) is 0 Å². The standard InChI is InChI=1S/C11H6Br2FN3O2/c12-8-4-15-10(9(13)16-8)17-11(19)6-2-1-5(14)3-7(6)18/h1-4,18H,(H,15,17,19). The molecular formula is C11H6Br2FN3O2. The molecule has 0 spiro atoms. The molecule has 0 saturated heterocycles. The number of anilines is 1. The van der Waals surface area contributed by atoms with Crippen molar-refractivity contribution in [2.45, 2.75) is 0 Å². The van der Waals surface area contributed by atoms with Crippen molar-refractivity contribution >= 4 is 43.6 Å². The van der Waals surface area contributed by atoms with Gasteiger partial charge in [-0.2, -0.15) is 0 Å². The Morgan fingerprint density at radius 3 is 2.74 bits per heavy atom. The Kier molecular flexibility index (Phi) is 4.11. The van der Waals surface area contributed by atoms with Gasteiger partial charge in [-0.05, 0) is 44.0 Å². The molecule has 0 bridgehead atoms. The van der Waals surface area contributed by atoms with Crippen LogP contribution in [0.15, 0.2) is 33.6 Å². The number of aromatic hydroxyl groups is 1. The quantitative estimate of drug-likeness (QED) is 0.826. The fourth-order valence-electron chi connectivity index (χ4n) is 1.30. The predicted octanol–water partition coefficient (Wildman–Crippen LogP) is 3.10. The summed E-state index contributed by atoms with van der Waals surface area (Å²) in [7, 11) is 0. The first kappa shape index (κ1) is 13.9. The Hall–Kier alpha value is -1.54. The van der Waals surface area contributed by atoms with Crippen LogP contribution in [0.5, 0.6) is 5.75 Å². The smallest absolute Gasteiger partial charge is 0.260 e. The third-order valence-electron chi connectivity index (χ3n) is 2.14. The maximum absolute atomic E-state index is 12.8. The number of phenolic OH excluding ortho intramolecular Hbond substituents is 1. The van der Waals surface area contributed by atoms with E-state index in [1.54, 1.807) is 0 Å². The zero-order valence-electron chi connectivity index (χ0n) is 9.19. The summed E-state index contributed by atoms with van der Waals surface area (Å²) in [6, 6.07) is 3.12. The maximum atomic E-state index is 12.8. The van der Waals surface area contributed by atoms with Crippen molar-refractivity contribution in [3.05, 3.63) is 45.0 Å². The summed E-state index contributed by atoms with van der Waals surface area (Å²) in [5.74, 6) is -1.50. The third-order valence-corrected chi connectivity index (χ3v) is 3.07. The second kappa shape index (κ2) is 5.62. The van der Waals surface area contributed by atoms with Crippen LogP contribution >= 0.6 is 31.9 Å². The first-order valence-corrected chi connectivity index (χ1v) is 6.54. The van der Waals surface area contributed by atoms with Crippen LogP contribution in [0.25, 0.3) is 0 Å². The van der Waals surface area contributed by atoms with Gasteiger partial charge in [0.15, 0.2) is 5.82 Å². The first-order chi connectivity index (χ1) is 8.97. The van der Waals surface area contributed by atoms with E-state index in [0.29, 0.717) is 9.21 Å². The van der Waals surface area contributed by atoms with Crippen LogP contribution in [0.1, 0.15) is 10.4 Å².